The van der Waals surface area contributed by atoms with E-state index in [1.807, 2.05) is 31.2 Å². The molecule has 0 unspecified atom stereocenters. The van der Waals surface area contributed by atoms with Gasteiger partial charge in [-0.3, -0.25) is 4.98 Å². The number of pyridine rings is 1. The number of rotatable bonds is 5. The van der Waals surface area contributed by atoms with E-state index in [-0.39, 0.29) is 0 Å². The van der Waals surface area contributed by atoms with E-state index in [1.54, 1.807) is 25.4 Å². The Hall–Kier alpha value is -2.82. The summed E-state index contributed by atoms with van der Waals surface area (Å²) in [6, 6.07) is 9.35. The molecule has 0 spiro atoms. The van der Waals surface area contributed by atoms with Crippen molar-refractivity contribution < 1.29 is 9.53 Å². The summed E-state index contributed by atoms with van der Waals surface area (Å²) in [4.78, 5) is 15.8. The van der Waals surface area contributed by atoms with E-state index in [9.17, 15) is 4.79 Å². The van der Waals surface area contributed by atoms with Crippen LogP contribution in [-0.4, -0.2) is 17.6 Å². The Balaban J connectivity index is 2.34. The van der Waals surface area contributed by atoms with Crippen molar-refractivity contribution in [3.8, 4) is 0 Å². The van der Waals surface area contributed by atoms with Gasteiger partial charge < -0.3 is 15.8 Å². The van der Waals surface area contributed by atoms with Gasteiger partial charge in [-0.15, -0.1) is 0 Å². The van der Waals surface area contributed by atoms with Gasteiger partial charge in [0.1, 0.15) is 0 Å². The van der Waals surface area contributed by atoms with Crippen LogP contribution >= 0.6 is 0 Å². The Morgan fingerprint density at radius 1 is 1.41 bits per heavy atom. The van der Waals surface area contributed by atoms with Crippen LogP contribution in [0.2, 0.25) is 0 Å². The molecule has 5 nitrogen and oxygen atoms in total. The molecule has 0 saturated carbocycles. The molecule has 2 aromatic rings. The number of carbonyl (C=O) groups excluding carboxylic acids is 1. The predicted molar refractivity (Wildman–Crippen MR) is 88.1 cm³/mol. The summed E-state index contributed by atoms with van der Waals surface area (Å²) in [5.74, 6) is -0.417. The molecule has 5 heteroatoms. The summed E-state index contributed by atoms with van der Waals surface area (Å²) < 4.78 is 4.97. The fourth-order valence-electron chi connectivity index (χ4n) is 1.96. The van der Waals surface area contributed by atoms with Crippen LogP contribution in [0.3, 0.4) is 0 Å². The quantitative estimate of drug-likeness (QED) is 0.504. The zero-order chi connectivity index (χ0) is 15.9. The van der Waals surface area contributed by atoms with Gasteiger partial charge in [-0.2, -0.15) is 0 Å². The lowest BCUT2D eigenvalue weighted by molar-refractivity contribution is -0.137. The van der Waals surface area contributed by atoms with E-state index in [1.165, 1.54) is 6.08 Å². The number of ether oxygens (including phenoxy) is 1. The lowest BCUT2D eigenvalue weighted by Crippen LogP contribution is -2.07. The number of nitrogen functional groups attached to an aromatic ring is 1. The summed E-state index contributed by atoms with van der Waals surface area (Å²) in [7, 11) is 0. The van der Waals surface area contributed by atoms with Crippen LogP contribution in [0.1, 0.15) is 18.1 Å². The predicted octanol–water partition coefficient (Wildman–Crippen LogP) is 2.99. The molecule has 1 heterocycles. The molecule has 22 heavy (non-hydrogen) atoms. The van der Waals surface area contributed by atoms with Gasteiger partial charge in [0.25, 0.3) is 0 Å². The SMILES string of the molecule is CCOC(=O)/C=C(/Nc1ccc(C)cc1N)c1cccnc1. The molecule has 2 rings (SSSR count). The lowest BCUT2D eigenvalue weighted by Gasteiger charge is -2.13. The Morgan fingerprint density at radius 2 is 2.23 bits per heavy atom. The van der Waals surface area contributed by atoms with Gasteiger partial charge in [0, 0.05) is 24.0 Å². The van der Waals surface area contributed by atoms with Gasteiger partial charge >= 0.3 is 5.97 Å². The van der Waals surface area contributed by atoms with Crippen LogP contribution in [0.25, 0.3) is 5.70 Å². The molecular formula is C17H19N3O2. The van der Waals surface area contributed by atoms with E-state index in [0.717, 1.165) is 16.8 Å². The average molecular weight is 297 g/mol. The Morgan fingerprint density at radius 3 is 2.86 bits per heavy atom. The molecule has 0 saturated heterocycles. The molecule has 0 aliphatic carbocycles. The minimum Gasteiger partial charge on any atom is -0.463 e. The molecule has 1 aromatic carbocycles. The van der Waals surface area contributed by atoms with Crippen LogP contribution < -0.4 is 11.1 Å². The van der Waals surface area contributed by atoms with Gasteiger partial charge in [-0.25, -0.2) is 4.79 Å². The van der Waals surface area contributed by atoms with Crippen molar-refractivity contribution in [3.05, 3.63) is 59.9 Å². The first-order valence-corrected chi connectivity index (χ1v) is 7.02. The number of hydrogen-bond acceptors (Lipinski definition) is 5. The van der Waals surface area contributed by atoms with Crippen molar-refractivity contribution in [1.29, 1.82) is 0 Å². The fraction of sp³-hybridized carbons (Fsp3) is 0.176. The van der Waals surface area contributed by atoms with E-state index in [2.05, 4.69) is 10.3 Å². The van der Waals surface area contributed by atoms with Crippen LogP contribution in [0.5, 0.6) is 0 Å². The zero-order valence-corrected chi connectivity index (χ0v) is 12.7. The van der Waals surface area contributed by atoms with Crippen molar-refractivity contribution in [3.63, 3.8) is 0 Å². The number of nitrogens with one attached hydrogen (secondary N) is 1. The zero-order valence-electron chi connectivity index (χ0n) is 12.7. The second-order valence-electron chi connectivity index (χ2n) is 4.77. The Labute approximate surface area is 129 Å². The molecule has 0 aliphatic heterocycles. The first-order valence-electron chi connectivity index (χ1n) is 7.02. The minimum atomic E-state index is -0.417. The monoisotopic (exact) mass is 297 g/mol. The van der Waals surface area contributed by atoms with E-state index < -0.39 is 5.97 Å². The Kier molecular flexibility index (Phi) is 5.14. The summed E-state index contributed by atoms with van der Waals surface area (Å²) in [6.07, 6.45) is 4.74. The van der Waals surface area contributed by atoms with Gasteiger partial charge in [0.15, 0.2) is 0 Å². The van der Waals surface area contributed by atoms with Gasteiger partial charge in [-0.05, 0) is 43.7 Å². The lowest BCUT2D eigenvalue weighted by atomic mass is 10.1. The third-order valence-corrected chi connectivity index (χ3v) is 3.00. The smallest absolute Gasteiger partial charge is 0.332 e. The van der Waals surface area contributed by atoms with E-state index >= 15 is 0 Å². The van der Waals surface area contributed by atoms with Crippen molar-refractivity contribution in [2.45, 2.75) is 13.8 Å². The minimum absolute atomic E-state index is 0.322. The number of nitrogens with zero attached hydrogens (tertiary/aromatic N) is 1. The van der Waals surface area contributed by atoms with Gasteiger partial charge in [-0.1, -0.05) is 6.07 Å². The first kappa shape index (κ1) is 15.6. The molecule has 0 amide bonds. The van der Waals surface area contributed by atoms with Crippen molar-refractivity contribution in [2.24, 2.45) is 0 Å². The van der Waals surface area contributed by atoms with Crippen molar-refractivity contribution in [1.82, 2.24) is 4.98 Å². The van der Waals surface area contributed by atoms with Crippen molar-refractivity contribution in [2.75, 3.05) is 17.7 Å². The second-order valence-corrected chi connectivity index (χ2v) is 4.77. The molecule has 0 aliphatic rings. The molecule has 0 atom stereocenters. The standard InChI is InChI=1S/C17H19N3O2/c1-3-22-17(21)10-16(13-5-4-8-19-11-13)20-15-7-6-12(2)9-14(15)18/h4-11,20H,3,18H2,1-2H3/b16-10+. The van der Waals surface area contributed by atoms with Crippen LogP contribution in [0.15, 0.2) is 48.8 Å². The number of esters is 1. The Bertz CT molecular complexity index is 682. The molecule has 3 N–H and O–H groups in total. The summed E-state index contributed by atoms with van der Waals surface area (Å²) >= 11 is 0. The maximum absolute atomic E-state index is 11.8. The van der Waals surface area contributed by atoms with Crippen LogP contribution in [-0.2, 0) is 9.53 Å². The fourth-order valence-corrected chi connectivity index (χ4v) is 1.96. The maximum atomic E-state index is 11.8. The van der Waals surface area contributed by atoms with Gasteiger partial charge in [0.05, 0.1) is 23.7 Å². The van der Waals surface area contributed by atoms with Crippen LogP contribution in [0.4, 0.5) is 11.4 Å². The highest BCUT2D eigenvalue weighted by Gasteiger charge is 2.08. The second kappa shape index (κ2) is 7.26. The number of benzene rings is 1. The highest BCUT2D eigenvalue weighted by Crippen LogP contribution is 2.24. The summed E-state index contributed by atoms with van der Waals surface area (Å²) in [5.41, 5.74) is 9.78. The molecule has 0 bridgehead atoms. The maximum Gasteiger partial charge on any atom is 0.332 e. The summed E-state index contributed by atoms with van der Waals surface area (Å²) in [5, 5.41) is 3.18. The van der Waals surface area contributed by atoms with Crippen molar-refractivity contribution >= 4 is 23.0 Å². The van der Waals surface area contributed by atoms with E-state index in [0.29, 0.717) is 18.0 Å². The first-order chi connectivity index (χ1) is 10.6. The molecule has 114 valence electrons. The summed E-state index contributed by atoms with van der Waals surface area (Å²) in [6.45, 7) is 4.06. The third-order valence-electron chi connectivity index (χ3n) is 3.00. The highest BCUT2D eigenvalue weighted by molar-refractivity contribution is 5.95. The third kappa shape index (κ3) is 4.09. The van der Waals surface area contributed by atoms with Gasteiger partial charge in [0.2, 0.25) is 0 Å². The number of nitrogens with two attached hydrogens (primary N) is 1. The number of anilines is 2. The number of aryl methyl sites for hydroxylation is 1. The molecule has 1 aromatic heterocycles. The normalized spacial score (nSPS) is 11.1. The average Bonchev–Trinajstić information content (AvgIpc) is 2.50. The van der Waals surface area contributed by atoms with E-state index in [4.69, 9.17) is 10.5 Å². The topological polar surface area (TPSA) is 77.2 Å². The molecule has 0 radical (unpaired) electrons. The molecular weight excluding hydrogens is 278 g/mol. The number of hydrogen-bond donors (Lipinski definition) is 2. The van der Waals surface area contributed by atoms with Crippen LogP contribution in [0, 0.1) is 6.92 Å². The highest BCUT2D eigenvalue weighted by atomic mass is 16.5. The largest absolute Gasteiger partial charge is 0.463 e. The molecule has 0 fully saturated rings. The number of aromatic nitrogens is 1. The number of carbonyl (C=O) groups is 1.